The summed E-state index contributed by atoms with van der Waals surface area (Å²) < 4.78 is 12.1. The number of aromatic hydroxyl groups is 1. The Kier molecular flexibility index (Phi) is 6.47. The molecule has 0 unspecified atom stereocenters. The van der Waals surface area contributed by atoms with Crippen molar-refractivity contribution in [2.45, 2.75) is 13.1 Å². The molecular weight excluding hydrogens is 372 g/mol. The lowest BCUT2D eigenvalue weighted by molar-refractivity contribution is -0.116. The third-order valence-electron chi connectivity index (χ3n) is 4.19. The molecule has 1 amide bonds. The van der Waals surface area contributed by atoms with Gasteiger partial charge in [-0.3, -0.25) is 4.79 Å². The van der Waals surface area contributed by atoms with Crippen molar-refractivity contribution < 1.29 is 19.4 Å². The Morgan fingerprint density at radius 3 is 2.76 bits per heavy atom. The zero-order chi connectivity index (χ0) is 20.6. The van der Waals surface area contributed by atoms with Crippen molar-refractivity contribution >= 4 is 12.0 Å². The average molecular weight is 394 g/mol. The molecule has 0 aliphatic heterocycles. The zero-order valence-corrected chi connectivity index (χ0v) is 16.2. The fourth-order valence-electron chi connectivity index (χ4n) is 2.71. The van der Waals surface area contributed by atoms with E-state index in [0.29, 0.717) is 18.0 Å². The quantitative estimate of drug-likeness (QED) is 0.569. The van der Waals surface area contributed by atoms with Crippen molar-refractivity contribution in [1.29, 1.82) is 0 Å². The van der Waals surface area contributed by atoms with Crippen LogP contribution in [0.25, 0.3) is 6.08 Å². The van der Waals surface area contributed by atoms with E-state index in [0.717, 1.165) is 16.9 Å². The van der Waals surface area contributed by atoms with E-state index >= 15 is 0 Å². The van der Waals surface area contributed by atoms with Crippen LogP contribution in [0.3, 0.4) is 0 Å². The average Bonchev–Trinajstić information content (AvgIpc) is 3.19. The van der Waals surface area contributed by atoms with E-state index in [-0.39, 0.29) is 18.2 Å². The predicted octanol–water partition coefficient (Wildman–Crippen LogP) is 2.38. The molecule has 3 rings (SSSR count). The van der Waals surface area contributed by atoms with Crippen LogP contribution in [0.5, 0.6) is 17.2 Å². The highest BCUT2D eigenvalue weighted by atomic mass is 16.5. The Labute approximate surface area is 168 Å². The number of carbonyl (C=O) groups excluding carboxylic acids is 1. The fourth-order valence-corrected chi connectivity index (χ4v) is 2.71. The number of hydrogen-bond donors (Lipinski definition) is 2. The number of nitrogens with zero attached hydrogens (tertiary/aromatic N) is 3. The summed E-state index contributed by atoms with van der Waals surface area (Å²) in [5, 5.41) is 20.5. The predicted molar refractivity (Wildman–Crippen MR) is 108 cm³/mol. The molecule has 0 saturated heterocycles. The van der Waals surface area contributed by atoms with Crippen molar-refractivity contribution in [2.24, 2.45) is 0 Å². The van der Waals surface area contributed by atoms with Gasteiger partial charge in [-0.2, -0.15) is 0 Å². The van der Waals surface area contributed by atoms with Crippen LogP contribution in [0, 0.1) is 0 Å². The van der Waals surface area contributed by atoms with Gasteiger partial charge in [-0.05, 0) is 29.8 Å². The lowest BCUT2D eigenvalue weighted by Crippen LogP contribution is -2.20. The Balaban J connectivity index is 1.54. The molecule has 0 bridgehead atoms. The standard InChI is InChI=1S/C21H22N4O4/c1-28-19-6-4-3-5-16(19)13-25-14-17(23-24-25)12-22-21(27)10-8-15-7-9-18(26)20(11-15)29-2/h3-11,14,26H,12-13H2,1-2H3,(H,22,27)/b10-8+. The molecule has 8 nitrogen and oxygen atoms in total. The van der Waals surface area contributed by atoms with Gasteiger partial charge in [0, 0.05) is 11.6 Å². The molecular formula is C21H22N4O4. The number of nitrogens with one attached hydrogen (secondary N) is 1. The molecule has 2 N–H and O–H groups in total. The second kappa shape index (κ2) is 9.41. The van der Waals surface area contributed by atoms with Gasteiger partial charge < -0.3 is 19.9 Å². The van der Waals surface area contributed by atoms with Crippen LogP contribution in [0.1, 0.15) is 16.8 Å². The van der Waals surface area contributed by atoms with E-state index in [1.807, 2.05) is 24.3 Å². The number of rotatable bonds is 8. The number of benzene rings is 2. The third-order valence-corrected chi connectivity index (χ3v) is 4.19. The van der Waals surface area contributed by atoms with Crippen molar-refractivity contribution in [3.63, 3.8) is 0 Å². The van der Waals surface area contributed by atoms with Crippen LogP contribution < -0.4 is 14.8 Å². The highest BCUT2D eigenvalue weighted by Gasteiger charge is 2.07. The van der Waals surface area contributed by atoms with Gasteiger partial charge in [0.25, 0.3) is 0 Å². The van der Waals surface area contributed by atoms with Gasteiger partial charge in [0.15, 0.2) is 11.5 Å². The Hall–Kier alpha value is -3.81. The highest BCUT2D eigenvalue weighted by Crippen LogP contribution is 2.26. The van der Waals surface area contributed by atoms with Crippen LogP contribution >= 0.6 is 0 Å². The molecule has 1 heterocycles. The van der Waals surface area contributed by atoms with E-state index in [1.165, 1.54) is 19.3 Å². The Morgan fingerprint density at radius 1 is 1.17 bits per heavy atom. The second-order valence-electron chi connectivity index (χ2n) is 6.20. The van der Waals surface area contributed by atoms with E-state index in [1.54, 1.807) is 36.2 Å². The summed E-state index contributed by atoms with van der Waals surface area (Å²) in [6, 6.07) is 12.5. The maximum absolute atomic E-state index is 12.0. The lowest BCUT2D eigenvalue weighted by Gasteiger charge is -2.07. The molecule has 0 aliphatic rings. The van der Waals surface area contributed by atoms with Crippen LogP contribution in [-0.4, -0.2) is 40.2 Å². The minimum absolute atomic E-state index is 0.0466. The van der Waals surface area contributed by atoms with Crippen LogP contribution in [0.4, 0.5) is 0 Å². The molecule has 0 aliphatic carbocycles. The maximum Gasteiger partial charge on any atom is 0.244 e. The van der Waals surface area contributed by atoms with Crippen LogP contribution in [0.2, 0.25) is 0 Å². The molecule has 2 aromatic carbocycles. The summed E-state index contributed by atoms with van der Waals surface area (Å²) in [6.45, 7) is 0.779. The molecule has 0 spiro atoms. The van der Waals surface area contributed by atoms with Crippen LogP contribution in [0.15, 0.2) is 54.7 Å². The first kappa shape index (κ1) is 19.9. The van der Waals surface area contributed by atoms with Gasteiger partial charge >= 0.3 is 0 Å². The molecule has 0 radical (unpaired) electrons. The van der Waals surface area contributed by atoms with E-state index in [4.69, 9.17) is 9.47 Å². The molecule has 8 heteroatoms. The van der Waals surface area contributed by atoms with Crippen LogP contribution in [-0.2, 0) is 17.9 Å². The van der Waals surface area contributed by atoms with Crippen molar-refractivity contribution in [3.05, 3.63) is 71.6 Å². The van der Waals surface area contributed by atoms with E-state index in [9.17, 15) is 9.90 Å². The summed E-state index contributed by atoms with van der Waals surface area (Å²) in [6.07, 6.45) is 4.82. The zero-order valence-electron chi connectivity index (χ0n) is 16.2. The molecule has 1 aromatic heterocycles. The number of hydrogen-bond acceptors (Lipinski definition) is 6. The first-order valence-corrected chi connectivity index (χ1v) is 8.93. The summed E-state index contributed by atoms with van der Waals surface area (Å²) in [4.78, 5) is 12.0. The molecule has 0 atom stereocenters. The molecule has 0 saturated carbocycles. The number of para-hydroxylation sites is 1. The monoisotopic (exact) mass is 394 g/mol. The lowest BCUT2D eigenvalue weighted by atomic mass is 10.2. The third kappa shape index (κ3) is 5.35. The van der Waals surface area contributed by atoms with Gasteiger partial charge in [-0.15, -0.1) is 5.10 Å². The fraction of sp³-hybridized carbons (Fsp3) is 0.190. The summed E-state index contributed by atoms with van der Waals surface area (Å²) >= 11 is 0. The summed E-state index contributed by atoms with van der Waals surface area (Å²) in [7, 11) is 3.10. The smallest absolute Gasteiger partial charge is 0.244 e. The van der Waals surface area contributed by atoms with E-state index < -0.39 is 0 Å². The molecule has 150 valence electrons. The topological polar surface area (TPSA) is 98.5 Å². The number of carbonyl (C=O) groups is 1. The second-order valence-corrected chi connectivity index (χ2v) is 6.20. The summed E-state index contributed by atoms with van der Waals surface area (Å²) in [5.41, 5.74) is 2.37. The van der Waals surface area contributed by atoms with Gasteiger partial charge in [-0.1, -0.05) is 29.5 Å². The first-order valence-electron chi connectivity index (χ1n) is 8.93. The van der Waals surface area contributed by atoms with Gasteiger partial charge in [0.2, 0.25) is 5.91 Å². The van der Waals surface area contributed by atoms with Crippen molar-refractivity contribution in [1.82, 2.24) is 20.3 Å². The number of methoxy groups -OCH3 is 2. The van der Waals surface area contributed by atoms with Gasteiger partial charge in [0.05, 0.1) is 33.5 Å². The first-order chi connectivity index (χ1) is 14.1. The largest absolute Gasteiger partial charge is 0.504 e. The van der Waals surface area contributed by atoms with Crippen molar-refractivity contribution in [3.8, 4) is 17.2 Å². The minimum Gasteiger partial charge on any atom is -0.504 e. The van der Waals surface area contributed by atoms with Crippen molar-refractivity contribution in [2.75, 3.05) is 14.2 Å². The normalized spacial score (nSPS) is 10.8. The van der Waals surface area contributed by atoms with E-state index in [2.05, 4.69) is 15.6 Å². The number of ether oxygens (including phenoxy) is 2. The SMILES string of the molecule is COc1cc(/C=C/C(=O)NCc2cn(Cc3ccccc3OC)nn2)ccc1O. The maximum atomic E-state index is 12.0. The minimum atomic E-state index is -0.267. The Morgan fingerprint density at radius 2 is 1.97 bits per heavy atom. The number of phenolic OH excluding ortho intramolecular Hbond substituents is 1. The number of aromatic nitrogens is 3. The molecule has 3 aromatic rings. The Bertz CT molecular complexity index is 1010. The number of amides is 1. The van der Waals surface area contributed by atoms with Gasteiger partial charge in [0.1, 0.15) is 11.4 Å². The summed E-state index contributed by atoms with van der Waals surface area (Å²) in [5.74, 6) is 0.912. The highest BCUT2D eigenvalue weighted by molar-refractivity contribution is 5.91. The van der Waals surface area contributed by atoms with Gasteiger partial charge in [-0.25, -0.2) is 4.68 Å². The molecule has 0 fully saturated rings. The number of phenols is 1. The molecule has 29 heavy (non-hydrogen) atoms.